The van der Waals surface area contributed by atoms with E-state index < -0.39 is 10.1 Å². The van der Waals surface area contributed by atoms with E-state index in [1.165, 1.54) is 6.07 Å². The van der Waals surface area contributed by atoms with Crippen molar-refractivity contribution in [2.75, 3.05) is 0 Å². The van der Waals surface area contributed by atoms with Gasteiger partial charge in [0.05, 0.1) is 4.90 Å². The first-order valence-electron chi connectivity index (χ1n) is 3.05. The second kappa shape index (κ2) is 4.10. The summed E-state index contributed by atoms with van der Waals surface area (Å²) in [5.41, 5.74) is 0.551. The van der Waals surface area contributed by atoms with Crippen LogP contribution in [0.5, 0.6) is 0 Å². The monoisotopic (exact) mass is 179 g/mol. The van der Waals surface area contributed by atoms with Crippen molar-refractivity contribution in [3.63, 3.8) is 0 Å². The van der Waals surface area contributed by atoms with Crippen molar-refractivity contribution in [3.05, 3.63) is 29.8 Å². The fourth-order valence-corrected chi connectivity index (χ4v) is 1.57. The third-order valence-electron chi connectivity index (χ3n) is 1.37. The molecule has 0 aliphatic carbocycles. The molecule has 0 fully saturated rings. The summed E-state index contributed by atoms with van der Waals surface area (Å²) in [4.78, 5) is -0.0278. The van der Waals surface area contributed by atoms with Gasteiger partial charge in [-0.15, -0.1) is 0 Å². The van der Waals surface area contributed by atoms with Gasteiger partial charge < -0.3 is 0 Å². The summed E-state index contributed by atoms with van der Waals surface area (Å²) in [7, 11) is -4.03. The average Bonchev–Trinajstić information content (AvgIpc) is 1.86. The number of hydrogen-bond acceptors (Lipinski definition) is 2. The van der Waals surface area contributed by atoms with Crippen molar-refractivity contribution >= 4 is 29.0 Å². The van der Waals surface area contributed by atoms with E-state index in [0.29, 0.717) is 5.56 Å². The van der Waals surface area contributed by atoms with Gasteiger partial charge in [0.15, 0.2) is 0 Å². The van der Waals surface area contributed by atoms with Gasteiger partial charge in [-0.25, -0.2) is 0 Å². The van der Waals surface area contributed by atoms with Gasteiger partial charge in [-0.3, -0.25) is 4.55 Å². The smallest absolute Gasteiger partial charge is 0.282 e. The van der Waals surface area contributed by atoms with Crippen molar-refractivity contribution in [3.8, 4) is 0 Å². The first-order chi connectivity index (χ1) is 5.02. The third kappa shape index (κ3) is 2.65. The molecule has 0 saturated heterocycles. The van der Waals surface area contributed by atoms with Gasteiger partial charge in [-0.1, -0.05) is 18.2 Å². The first-order valence-corrected chi connectivity index (χ1v) is 4.49. The molecular formula is C7H8LiO3S. The molecule has 1 N–H and O–H groups in total. The van der Waals surface area contributed by atoms with Crippen LogP contribution in [0, 0.1) is 6.92 Å². The van der Waals surface area contributed by atoms with Crippen LogP contribution in [0.2, 0.25) is 0 Å². The van der Waals surface area contributed by atoms with Gasteiger partial charge in [0.2, 0.25) is 0 Å². The van der Waals surface area contributed by atoms with E-state index >= 15 is 0 Å². The van der Waals surface area contributed by atoms with Gasteiger partial charge in [-0.05, 0) is 18.6 Å². The molecule has 1 rings (SSSR count). The van der Waals surface area contributed by atoms with Crippen LogP contribution in [0.1, 0.15) is 5.56 Å². The topological polar surface area (TPSA) is 54.4 Å². The Balaban J connectivity index is 0.00000121. The Labute approximate surface area is 83.7 Å². The van der Waals surface area contributed by atoms with E-state index in [-0.39, 0.29) is 23.8 Å². The van der Waals surface area contributed by atoms with E-state index in [2.05, 4.69) is 0 Å². The molecule has 1 radical (unpaired) electrons. The van der Waals surface area contributed by atoms with E-state index in [1.54, 1.807) is 25.1 Å². The van der Waals surface area contributed by atoms with Crippen LogP contribution >= 0.6 is 0 Å². The second-order valence-corrected chi connectivity index (χ2v) is 3.63. The Kier molecular flexibility index (Phi) is 4.01. The molecule has 61 valence electrons. The largest absolute Gasteiger partial charge is 0.294 e. The summed E-state index contributed by atoms with van der Waals surface area (Å²) in [6.07, 6.45) is 0. The average molecular weight is 179 g/mol. The van der Waals surface area contributed by atoms with Gasteiger partial charge >= 0.3 is 0 Å². The second-order valence-electron chi connectivity index (χ2n) is 2.24. The zero-order valence-electron chi connectivity index (χ0n) is 6.98. The van der Waals surface area contributed by atoms with Crippen molar-refractivity contribution in [1.29, 1.82) is 0 Å². The van der Waals surface area contributed by atoms with Crippen molar-refractivity contribution in [2.24, 2.45) is 0 Å². The Morgan fingerprint density at radius 3 is 2.08 bits per heavy atom. The van der Waals surface area contributed by atoms with E-state index in [9.17, 15) is 8.42 Å². The molecular weight excluding hydrogens is 171 g/mol. The van der Waals surface area contributed by atoms with E-state index in [0.717, 1.165) is 0 Å². The fraction of sp³-hybridized carbons (Fsp3) is 0.143. The molecule has 1 aromatic carbocycles. The summed E-state index contributed by atoms with van der Waals surface area (Å²) in [5, 5.41) is 0. The van der Waals surface area contributed by atoms with Gasteiger partial charge in [0.1, 0.15) is 0 Å². The Bertz CT molecular complexity index is 359. The fourth-order valence-electron chi connectivity index (χ4n) is 0.846. The molecule has 0 heterocycles. The molecule has 12 heavy (non-hydrogen) atoms. The maximum absolute atomic E-state index is 10.6. The van der Waals surface area contributed by atoms with Crippen molar-refractivity contribution in [2.45, 2.75) is 11.8 Å². The summed E-state index contributed by atoms with van der Waals surface area (Å²) in [5.74, 6) is 0. The van der Waals surface area contributed by atoms with Crippen LogP contribution in [-0.2, 0) is 10.1 Å². The minimum absolute atomic E-state index is 0. The quantitative estimate of drug-likeness (QED) is 0.513. The van der Waals surface area contributed by atoms with Crippen molar-refractivity contribution in [1.82, 2.24) is 0 Å². The third-order valence-corrected chi connectivity index (χ3v) is 2.39. The summed E-state index contributed by atoms with van der Waals surface area (Å²) >= 11 is 0. The molecule has 0 aliphatic heterocycles. The van der Waals surface area contributed by atoms with E-state index in [4.69, 9.17) is 4.55 Å². The molecule has 0 aliphatic rings. The maximum Gasteiger partial charge on any atom is 0.294 e. The standard InChI is InChI=1S/C7H8O3S.Li/c1-6-4-2-3-5-7(6)11(8,9)10;/h2-5H,1H3,(H,8,9,10);. The molecule has 0 spiro atoms. The molecule has 0 saturated carbocycles. The minimum atomic E-state index is -4.03. The molecule has 1 aromatic rings. The van der Waals surface area contributed by atoms with Crippen LogP contribution in [0.15, 0.2) is 29.2 Å². The normalized spacial score (nSPS) is 10.5. The summed E-state index contributed by atoms with van der Waals surface area (Å²) in [6.45, 7) is 1.63. The first kappa shape index (κ1) is 11.7. The van der Waals surface area contributed by atoms with Crippen LogP contribution in [-0.4, -0.2) is 31.8 Å². The predicted octanol–water partition coefficient (Wildman–Crippen LogP) is 0.861. The van der Waals surface area contributed by atoms with Crippen LogP contribution in [0.4, 0.5) is 0 Å². The van der Waals surface area contributed by atoms with Crippen LogP contribution in [0.3, 0.4) is 0 Å². The number of aryl methyl sites for hydroxylation is 1. The van der Waals surface area contributed by atoms with Crippen LogP contribution < -0.4 is 0 Å². The Hall–Kier alpha value is -0.273. The molecule has 0 amide bonds. The molecule has 0 unspecified atom stereocenters. The molecule has 0 bridgehead atoms. The number of benzene rings is 1. The zero-order chi connectivity index (χ0) is 8.48. The Morgan fingerprint density at radius 2 is 1.75 bits per heavy atom. The zero-order valence-corrected chi connectivity index (χ0v) is 7.80. The summed E-state index contributed by atoms with van der Waals surface area (Å²) < 4.78 is 29.9. The Morgan fingerprint density at radius 1 is 1.25 bits per heavy atom. The van der Waals surface area contributed by atoms with Gasteiger partial charge in [0.25, 0.3) is 10.1 Å². The minimum Gasteiger partial charge on any atom is -0.282 e. The summed E-state index contributed by atoms with van der Waals surface area (Å²) in [6, 6.07) is 6.27. The maximum atomic E-state index is 10.6. The SMILES string of the molecule is Cc1ccccc1S(=O)(=O)O.[Li]. The van der Waals surface area contributed by atoms with Crippen LogP contribution in [0.25, 0.3) is 0 Å². The molecule has 3 nitrogen and oxygen atoms in total. The van der Waals surface area contributed by atoms with Crippen molar-refractivity contribution < 1.29 is 13.0 Å². The van der Waals surface area contributed by atoms with Gasteiger partial charge in [0, 0.05) is 18.9 Å². The molecule has 5 heteroatoms. The molecule has 0 atom stereocenters. The van der Waals surface area contributed by atoms with Gasteiger partial charge in [-0.2, -0.15) is 8.42 Å². The molecule has 0 aromatic heterocycles. The number of rotatable bonds is 1. The predicted molar refractivity (Wildman–Crippen MR) is 46.7 cm³/mol. The number of hydrogen-bond donors (Lipinski definition) is 1. The van der Waals surface area contributed by atoms with E-state index in [1.807, 2.05) is 0 Å².